The van der Waals surface area contributed by atoms with Crippen LogP contribution in [0.4, 0.5) is 5.69 Å². The minimum absolute atomic E-state index is 0.0519. The molecule has 1 aliphatic carbocycles. The summed E-state index contributed by atoms with van der Waals surface area (Å²) in [4.78, 5) is 26.3. The number of hydrogen-bond donors (Lipinski definition) is 0. The summed E-state index contributed by atoms with van der Waals surface area (Å²) in [6.07, 6.45) is 2.98. The number of hydrogen-bond acceptors (Lipinski definition) is 3. The summed E-state index contributed by atoms with van der Waals surface area (Å²) in [5.74, 6) is 1.48. The van der Waals surface area contributed by atoms with Crippen molar-refractivity contribution in [1.82, 2.24) is 0 Å². The molecule has 0 radical (unpaired) electrons. The van der Waals surface area contributed by atoms with Gasteiger partial charge in [0.15, 0.2) is 0 Å². The fraction of sp³-hybridized carbons (Fsp3) is 0.600. The number of carbonyl (C=O) groups is 2. The van der Waals surface area contributed by atoms with Crippen LogP contribution in [0, 0.1) is 23.7 Å². The summed E-state index contributed by atoms with van der Waals surface area (Å²) >= 11 is 0. The quantitative estimate of drug-likeness (QED) is 0.743. The third-order valence-electron chi connectivity index (χ3n) is 5.74. The number of amides is 1. The van der Waals surface area contributed by atoms with Gasteiger partial charge in [0.1, 0.15) is 0 Å². The molecular formula is C20H29NO3. The lowest BCUT2D eigenvalue weighted by Crippen LogP contribution is -2.32. The van der Waals surface area contributed by atoms with Crippen molar-refractivity contribution in [3.63, 3.8) is 0 Å². The number of ether oxygens (including phenoxy) is 1. The Morgan fingerprint density at radius 2 is 1.83 bits per heavy atom. The molecule has 1 aliphatic rings. The topological polar surface area (TPSA) is 46.6 Å². The second kappa shape index (κ2) is 8.32. The first-order valence-corrected chi connectivity index (χ1v) is 8.82. The van der Waals surface area contributed by atoms with Crippen LogP contribution in [0.15, 0.2) is 30.3 Å². The average molecular weight is 331 g/mol. The first-order valence-electron chi connectivity index (χ1n) is 8.82. The molecule has 1 saturated carbocycles. The van der Waals surface area contributed by atoms with Crippen molar-refractivity contribution in [1.29, 1.82) is 0 Å². The van der Waals surface area contributed by atoms with Gasteiger partial charge in [0.25, 0.3) is 0 Å². The Labute approximate surface area is 145 Å². The number of methoxy groups -OCH3 is 1. The van der Waals surface area contributed by atoms with Crippen molar-refractivity contribution in [2.24, 2.45) is 23.7 Å². The first-order chi connectivity index (χ1) is 11.4. The van der Waals surface area contributed by atoms with Crippen molar-refractivity contribution in [3.05, 3.63) is 30.3 Å². The van der Waals surface area contributed by atoms with Crippen LogP contribution in [0.25, 0.3) is 0 Å². The lowest BCUT2D eigenvalue weighted by molar-refractivity contribution is -0.142. The Balaban J connectivity index is 2.09. The molecule has 132 valence electrons. The zero-order valence-electron chi connectivity index (χ0n) is 15.2. The lowest BCUT2D eigenvalue weighted by Gasteiger charge is -2.28. The van der Waals surface area contributed by atoms with E-state index in [1.54, 1.807) is 11.9 Å². The SMILES string of the molecule is COC(=O)CC(CC(=O)N(C)c1ccccc1)[C@H]1CC[C@@H](C)[C@H]1C. The number of carbonyl (C=O) groups excluding carboxylic acids is 2. The zero-order chi connectivity index (χ0) is 17.7. The molecule has 4 heteroatoms. The van der Waals surface area contributed by atoms with E-state index in [0.29, 0.717) is 30.6 Å². The van der Waals surface area contributed by atoms with E-state index >= 15 is 0 Å². The van der Waals surface area contributed by atoms with E-state index in [4.69, 9.17) is 4.74 Å². The maximum Gasteiger partial charge on any atom is 0.305 e. The van der Waals surface area contributed by atoms with E-state index in [-0.39, 0.29) is 17.8 Å². The number of nitrogens with zero attached hydrogens (tertiary/aromatic N) is 1. The van der Waals surface area contributed by atoms with Gasteiger partial charge in [-0.1, -0.05) is 38.5 Å². The molecule has 0 saturated heterocycles. The molecule has 1 aromatic carbocycles. The van der Waals surface area contributed by atoms with E-state index in [1.165, 1.54) is 13.5 Å². The second-order valence-corrected chi connectivity index (χ2v) is 7.11. The third kappa shape index (κ3) is 4.37. The maximum atomic E-state index is 12.7. The van der Waals surface area contributed by atoms with Crippen LogP contribution in [-0.2, 0) is 14.3 Å². The molecule has 24 heavy (non-hydrogen) atoms. The van der Waals surface area contributed by atoms with Crippen molar-refractivity contribution in [3.8, 4) is 0 Å². The summed E-state index contributed by atoms with van der Waals surface area (Å²) < 4.78 is 4.87. The molecule has 0 N–H and O–H groups in total. The van der Waals surface area contributed by atoms with Gasteiger partial charge in [0.2, 0.25) is 5.91 Å². The molecule has 1 fully saturated rings. The maximum absolute atomic E-state index is 12.7. The van der Waals surface area contributed by atoms with E-state index in [0.717, 1.165) is 12.1 Å². The predicted octanol–water partition coefficient (Wildman–Crippen LogP) is 3.90. The highest BCUT2D eigenvalue weighted by molar-refractivity contribution is 5.93. The van der Waals surface area contributed by atoms with Gasteiger partial charge in [0, 0.05) is 25.6 Å². The summed E-state index contributed by atoms with van der Waals surface area (Å²) in [7, 11) is 3.21. The highest BCUT2D eigenvalue weighted by atomic mass is 16.5. The van der Waals surface area contributed by atoms with Gasteiger partial charge in [-0.25, -0.2) is 0 Å². The molecule has 0 heterocycles. The predicted molar refractivity (Wildman–Crippen MR) is 95.6 cm³/mol. The van der Waals surface area contributed by atoms with Crippen LogP contribution in [0.2, 0.25) is 0 Å². The summed E-state index contributed by atoms with van der Waals surface area (Å²) in [6, 6.07) is 9.63. The molecule has 1 amide bonds. The Bertz CT molecular complexity index is 557. The molecular weight excluding hydrogens is 302 g/mol. The van der Waals surface area contributed by atoms with Crippen LogP contribution in [0.1, 0.15) is 39.5 Å². The zero-order valence-corrected chi connectivity index (χ0v) is 15.2. The molecule has 0 spiro atoms. The molecule has 0 bridgehead atoms. The van der Waals surface area contributed by atoms with Crippen molar-refractivity contribution < 1.29 is 14.3 Å². The van der Waals surface area contributed by atoms with Gasteiger partial charge in [-0.2, -0.15) is 0 Å². The van der Waals surface area contributed by atoms with Gasteiger partial charge >= 0.3 is 5.97 Å². The number of benzene rings is 1. The third-order valence-corrected chi connectivity index (χ3v) is 5.74. The Morgan fingerprint density at radius 1 is 1.17 bits per heavy atom. The molecule has 0 aromatic heterocycles. The Kier molecular flexibility index (Phi) is 6.41. The van der Waals surface area contributed by atoms with Crippen LogP contribution >= 0.6 is 0 Å². The monoisotopic (exact) mass is 331 g/mol. The van der Waals surface area contributed by atoms with Gasteiger partial charge in [-0.15, -0.1) is 0 Å². The number of esters is 1. The number of rotatable bonds is 6. The molecule has 2 rings (SSSR count). The van der Waals surface area contributed by atoms with Gasteiger partial charge in [0.05, 0.1) is 7.11 Å². The van der Waals surface area contributed by atoms with Crippen molar-refractivity contribution >= 4 is 17.6 Å². The Hall–Kier alpha value is -1.84. The van der Waals surface area contributed by atoms with Crippen LogP contribution < -0.4 is 4.90 Å². The largest absolute Gasteiger partial charge is 0.469 e. The summed E-state index contributed by atoms with van der Waals surface area (Å²) in [6.45, 7) is 4.51. The number of para-hydroxylation sites is 1. The molecule has 1 aromatic rings. The first kappa shape index (κ1) is 18.5. The number of anilines is 1. The van der Waals surface area contributed by atoms with Gasteiger partial charge in [-0.3, -0.25) is 9.59 Å². The fourth-order valence-electron chi connectivity index (χ4n) is 3.90. The smallest absolute Gasteiger partial charge is 0.305 e. The second-order valence-electron chi connectivity index (χ2n) is 7.11. The van der Waals surface area contributed by atoms with Gasteiger partial charge in [-0.05, 0) is 42.2 Å². The highest BCUT2D eigenvalue weighted by Gasteiger charge is 2.37. The van der Waals surface area contributed by atoms with Crippen molar-refractivity contribution in [2.45, 2.75) is 39.5 Å². The van der Waals surface area contributed by atoms with E-state index in [2.05, 4.69) is 13.8 Å². The standard InChI is InChI=1S/C20H29NO3/c1-14-10-11-18(15(14)2)16(13-20(23)24-4)12-19(22)21(3)17-8-6-5-7-9-17/h5-9,14-16,18H,10-13H2,1-4H3/t14-,15-,16?,18+/m1/s1. The highest BCUT2D eigenvalue weighted by Crippen LogP contribution is 2.43. The van der Waals surface area contributed by atoms with E-state index in [1.807, 2.05) is 30.3 Å². The minimum Gasteiger partial charge on any atom is -0.469 e. The summed E-state index contributed by atoms with van der Waals surface area (Å²) in [5.41, 5.74) is 0.882. The molecule has 4 nitrogen and oxygen atoms in total. The van der Waals surface area contributed by atoms with E-state index in [9.17, 15) is 9.59 Å². The van der Waals surface area contributed by atoms with Crippen LogP contribution in [-0.4, -0.2) is 26.0 Å². The van der Waals surface area contributed by atoms with Crippen LogP contribution in [0.5, 0.6) is 0 Å². The van der Waals surface area contributed by atoms with E-state index < -0.39 is 0 Å². The minimum atomic E-state index is -0.220. The molecule has 4 atom stereocenters. The van der Waals surface area contributed by atoms with Crippen molar-refractivity contribution in [2.75, 3.05) is 19.1 Å². The van der Waals surface area contributed by atoms with Gasteiger partial charge < -0.3 is 9.64 Å². The molecule has 1 unspecified atom stereocenters. The fourth-order valence-corrected chi connectivity index (χ4v) is 3.90. The summed E-state index contributed by atoms with van der Waals surface area (Å²) in [5, 5.41) is 0. The van der Waals surface area contributed by atoms with Crippen LogP contribution in [0.3, 0.4) is 0 Å². The normalized spacial score (nSPS) is 24.4. The average Bonchev–Trinajstić information content (AvgIpc) is 2.93. The molecule has 0 aliphatic heterocycles. The lowest BCUT2D eigenvalue weighted by atomic mass is 9.79. The Morgan fingerprint density at radius 3 is 2.38 bits per heavy atom.